The molecule has 2 N–H and O–H groups in total. The first-order valence-electron chi connectivity index (χ1n) is 7.09. The molecule has 5 nitrogen and oxygen atoms in total. The Morgan fingerprint density at radius 3 is 2.29 bits per heavy atom. The number of hydrogen-bond donors (Lipinski definition) is 1. The lowest BCUT2D eigenvalue weighted by molar-refractivity contribution is 0.392. The monoisotopic (exact) mass is 289 g/mol. The summed E-state index contributed by atoms with van der Waals surface area (Å²) in [6, 6.07) is 7.70. The third-order valence-corrected chi connectivity index (χ3v) is 3.52. The average molecular weight is 289 g/mol. The van der Waals surface area contributed by atoms with Crippen LogP contribution < -0.4 is 15.2 Å². The van der Waals surface area contributed by atoms with Crippen LogP contribution in [0.3, 0.4) is 0 Å². The zero-order chi connectivity index (χ0) is 15.4. The third-order valence-electron chi connectivity index (χ3n) is 3.52. The molecule has 1 heterocycles. The predicted octanol–water partition coefficient (Wildman–Crippen LogP) is 2.47. The van der Waals surface area contributed by atoms with Crippen molar-refractivity contribution in [3.05, 3.63) is 41.2 Å². The summed E-state index contributed by atoms with van der Waals surface area (Å²) in [4.78, 5) is 0. The maximum absolute atomic E-state index is 6.35. The first-order chi connectivity index (χ1) is 10.1. The Labute approximate surface area is 125 Å². The van der Waals surface area contributed by atoms with Gasteiger partial charge in [-0.1, -0.05) is 0 Å². The molecule has 21 heavy (non-hydrogen) atoms. The molecule has 1 unspecified atom stereocenters. The van der Waals surface area contributed by atoms with Crippen LogP contribution in [0.4, 0.5) is 0 Å². The van der Waals surface area contributed by atoms with Gasteiger partial charge in [-0.2, -0.15) is 5.10 Å². The summed E-state index contributed by atoms with van der Waals surface area (Å²) in [5.74, 6) is 1.50. The van der Waals surface area contributed by atoms with Crippen molar-refractivity contribution in [3.63, 3.8) is 0 Å². The van der Waals surface area contributed by atoms with Crippen LogP contribution in [0.25, 0.3) is 0 Å². The molecule has 1 atom stereocenters. The second-order valence-corrected chi connectivity index (χ2v) is 5.05. The quantitative estimate of drug-likeness (QED) is 0.887. The van der Waals surface area contributed by atoms with Crippen molar-refractivity contribution in [2.75, 3.05) is 14.2 Å². The van der Waals surface area contributed by atoms with E-state index in [1.807, 2.05) is 29.8 Å². The molecule has 0 fully saturated rings. The van der Waals surface area contributed by atoms with Gasteiger partial charge in [0, 0.05) is 30.8 Å². The smallest absolute Gasteiger partial charge is 0.122 e. The molecular weight excluding hydrogens is 266 g/mol. The minimum absolute atomic E-state index is 0.129. The van der Waals surface area contributed by atoms with Crippen LogP contribution in [0.2, 0.25) is 0 Å². The van der Waals surface area contributed by atoms with Crippen LogP contribution in [-0.2, 0) is 13.0 Å². The Kier molecular flexibility index (Phi) is 4.85. The SMILES string of the molecule is CCn1nc(C)cc1CC(N)c1cc(OC)cc(OC)c1. The topological polar surface area (TPSA) is 62.3 Å². The van der Waals surface area contributed by atoms with Crippen LogP contribution in [0.1, 0.15) is 29.9 Å². The molecule has 5 heteroatoms. The normalized spacial score (nSPS) is 12.2. The highest BCUT2D eigenvalue weighted by Gasteiger charge is 2.14. The van der Waals surface area contributed by atoms with E-state index in [-0.39, 0.29) is 6.04 Å². The lowest BCUT2D eigenvalue weighted by Gasteiger charge is -2.15. The van der Waals surface area contributed by atoms with Gasteiger partial charge in [-0.05, 0) is 37.6 Å². The molecule has 0 aliphatic rings. The van der Waals surface area contributed by atoms with Gasteiger partial charge >= 0.3 is 0 Å². The third kappa shape index (κ3) is 3.55. The number of nitrogens with two attached hydrogens (primary N) is 1. The van der Waals surface area contributed by atoms with Crippen molar-refractivity contribution in [2.24, 2.45) is 5.73 Å². The van der Waals surface area contributed by atoms with Crippen LogP contribution in [-0.4, -0.2) is 24.0 Å². The Morgan fingerprint density at radius 2 is 1.76 bits per heavy atom. The van der Waals surface area contributed by atoms with Crippen LogP contribution >= 0.6 is 0 Å². The number of rotatable bonds is 6. The molecule has 1 aromatic heterocycles. The molecule has 1 aromatic carbocycles. The summed E-state index contributed by atoms with van der Waals surface area (Å²) >= 11 is 0. The first-order valence-corrected chi connectivity index (χ1v) is 7.09. The largest absolute Gasteiger partial charge is 0.497 e. The standard InChI is InChI=1S/C16H23N3O2/c1-5-19-13(6-11(2)18-19)9-16(17)12-7-14(20-3)10-15(8-12)21-4/h6-8,10,16H,5,9,17H2,1-4H3. The molecule has 0 aliphatic heterocycles. The van der Waals surface area contributed by atoms with E-state index in [1.165, 1.54) is 0 Å². The average Bonchev–Trinajstić information content (AvgIpc) is 2.86. The number of benzene rings is 1. The van der Waals surface area contributed by atoms with E-state index in [9.17, 15) is 0 Å². The van der Waals surface area contributed by atoms with Crippen molar-refractivity contribution in [2.45, 2.75) is 32.9 Å². The van der Waals surface area contributed by atoms with Crippen molar-refractivity contribution in [1.29, 1.82) is 0 Å². The molecule has 2 rings (SSSR count). The van der Waals surface area contributed by atoms with Gasteiger partial charge in [-0.3, -0.25) is 4.68 Å². The summed E-state index contributed by atoms with van der Waals surface area (Å²) in [5, 5.41) is 4.46. The maximum Gasteiger partial charge on any atom is 0.122 e. The van der Waals surface area contributed by atoms with E-state index in [2.05, 4.69) is 18.1 Å². The predicted molar refractivity (Wildman–Crippen MR) is 82.8 cm³/mol. The van der Waals surface area contributed by atoms with E-state index in [0.29, 0.717) is 0 Å². The summed E-state index contributed by atoms with van der Waals surface area (Å²) in [6.07, 6.45) is 0.727. The number of aryl methyl sites for hydroxylation is 2. The molecule has 0 spiro atoms. The van der Waals surface area contributed by atoms with Gasteiger partial charge < -0.3 is 15.2 Å². The molecular formula is C16H23N3O2. The summed E-state index contributed by atoms with van der Waals surface area (Å²) in [6.45, 7) is 4.92. The minimum Gasteiger partial charge on any atom is -0.497 e. The minimum atomic E-state index is -0.129. The lowest BCUT2D eigenvalue weighted by Crippen LogP contribution is -2.16. The number of methoxy groups -OCH3 is 2. The molecule has 0 saturated heterocycles. The van der Waals surface area contributed by atoms with Gasteiger partial charge in [-0.25, -0.2) is 0 Å². The van der Waals surface area contributed by atoms with Crippen molar-refractivity contribution in [1.82, 2.24) is 9.78 Å². The molecule has 0 amide bonds. The van der Waals surface area contributed by atoms with E-state index in [0.717, 1.165) is 41.4 Å². The molecule has 114 valence electrons. The fourth-order valence-corrected chi connectivity index (χ4v) is 2.42. The summed E-state index contributed by atoms with van der Waals surface area (Å²) in [7, 11) is 3.28. The van der Waals surface area contributed by atoms with Gasteiger partial charge in [0.15, 0.2) is 0 Å². The van der Waals surface area contributed by atoms with Crippen LogP contribution in [0, 0.1) is 6.92 Å². The van der Waals surface area contributed by atoms with E-state index >= 15 is 0 Å². The highest BCUT2D eigenvalue weighted by atomic mass is 16.5. The van der Waals surface area contributed by atoms with E-state index in [4.69, 9.17) is 15.2 Å². The van der Waals surface area contributed by atoms with Gasteiger partial charge in [0.05, 0.1) is 19.9 Å². The van der Waals surface area contributed by atoms with Gasteiger partial charge in [-0.15, -0.1) is 0 Å². The second-order valence-electron chi connectivity index (χ2n) is 5.05. The Hall–Kier alpha value is -2.01. The number of nitrogens with zero attached hydrogens (tertiary/aromatic N) is 2. The molecule has 0 bridgehead atoms. The summed E-state index contributed by atoms with van der Waals surface area (Å²) < 4.78 is 12.6. The zero-order valence-corrected chi connectivity index (χ0v) is 13.1. The number of aromatic nitrogens is 2. The Bertz CT molecular complexity index is 585. The van der Waals surface area contributed by atoms with Gasteiger partial charge in [0.1, 0.15) is 11.5 Å². The number of ether oxygens (including phenoxy) is 2. The number of hydrogen-bond acceptors (Lipinski definition) is 4. The van der Waals surface area contributed by atoms with Crippen molar-refractivity contribution < 1.29 is 9.47 Å². The van der Waals surface area contributed by atoms with Crippen LogP contribution in [0.15, 0.2) is 24.3 Å². The fraction of sp³-hybridized carbons (Fsp3) is 0.438. The molecule has 0 radical (unpaired) electrons. The van der Waals surface area contributed by atoms with Crippen LogP contribution in [0.5, 0.6) is 11.5 Å². The van der Waals surface area contributed by atoms with Crippen molar-refractivity contribution in [3.8, 4) is 11.5 Å². The zero-order valence-electron chi connectivity index (χ0n) is 13.1. The molecule has 2 aromatic rings. The first kappa shape index (κ1) is 15.4. The highest BCUT2D eigenvalue weighted by molar-refractivity contribution is 5.40. The second kappa shape index (κ2) is 6.63. The van der Waals surface area contributed by atoms with Gasteiger partial charge in [0.25, 0.3) is 0 Å². The molecule has 0 saturated carbocycles. The van der Waals surface area contributed by atoms with E-state index < -0.39 is 0 Å². The highest BCUT2D eigenvalue weighted by Crippen LogP contribution is 2.27. The summed E-state index contributed by atoms with van der Waals surface area (Å²) in [5.41, 5.74) is 9.51. The Balaban J connectivity index is 2.25. The maximum atomic E-state index is 6.35. The molecule has 0 aliphatic carbocycles. The van der Waals surface area contributed by atoms with Gasteiger partial charge in [0.2, 0.25) is 0 Å². The van der Waals surface area contributed by atoms with E-state index in [1.54, 1.807) is 14.2 Å². The fourth-order valence-electron chi connectivity index (χ4n) is 2.42. The lowest BCUT2D eigenvalue weighted by atomic mass is 10.0. The Morgan fingerprint density at radius 1 is 1.14 bits per heavy atom. The van der Waals surface area contributed by atoms with Crippen molar-refractivity contribution >= 4 is 0 Å².